The maximum Gasteiger partial charge on any atom is 0.309 e. The molecule has 0 atom stereocenters. The standard InChI is InChI=1S/C28H31ClN2O5S/c29-23-11-10-22-21(14-15-30-17-28(22)35-24(32)12-13-25(33)36-28)26(23)37-16-18-6-8-19(9-7-18)27(34)31-20-4-2-1-3-5-20/h6-11,20,30H,1-5,12-17H2,(H,31,34). The SMILES string of the molecule is O=C1CCC(=O)OC2(CNCCc3c2ccc(Cl)c3SCc2ccc(C(=O)NC3CCCCC3)cc2)O1. The minimum Gasteiger partial charge on any atom is -0.416 e. The highest BCUT2D eigenvalue weighted by Gasteiger charge is 2.46. The summed E-state index contributed by atoms with van der Waals surface area (Å²) in [6.45, 7) is 0.816. The van der Waals surface area contributed by atoms with E-state index in [1.165, 1.54) is 19.3 Å². The number of amides is 1. The van der Waals surface area contributed by atoms with Crippen molar-refractivity contribution in [3.8, 4) is 0 Å². The third kappa shape index (κ3) is 5.97. The molecule has 1 amide bonds. The van der Waals surface area contributed by atoms with Gasteiger partial charge in [0.2, 0.25) is 0 Å². The Morgan fingerprint density at radius 1 is 1.00 bits per heavy atom. The molecule has 2 aliphatic heterocycles. The Morgan fingerprint density at radius 2 is 1.70 bits per heavy atom. The summed E-state index contributed by atoms with van der Waals surface area (Å²) in [6, 6.07) is 11.5. The number of nitrogens with one attached hydrogen (secondary N) is 2. The number of ether oxygens (including phenoxy) is 2. The van der Waals surface area contributed by atoms with Crippen LogP contribution in [0.15, 0.2) is 41.3 Å². The van der Waals surface area contributed by atoms with Gasteiger partial charge in [-0.2, -0.15) is 0 Å². The van der Waals surface area contributed by atoms with Crippen LogP contribution in [0.1, 0.15) is 72.0 Å². The maximum absolute atomic E-state index is 12.6. The Kier molecular flexibility index (Phi) is 8.07. The van der Waals surface area contributed by atoms with Crippen molar-refractivity contribution in [3.63, 3.8) is 0 Å². The molecule has 0 unspecified atom stereocenters. The molecule has 1 spiro atoms. The van der Waals surface area contributed by atoms with E-state index in [0.717, 1.165) is 28.9 Å². The summed E-state index contributed by atoms with van der Waals surface area (Å²) >= 11 is 8.23. The van der Waals surface area contributed by atoms with Crippen LogP contribution in [0.5, 0.6) is 0 Å². The zero-order valence-corrected chi connectivity index (χ0v) is 22.2. The maximum atomic E-state index is 12.6. The summed E-state index contributed by atoms with van der Waals surface area (Å²) in [7, 11) is 0. The smallest absolute Gasteiger partial charge is 0.309 e. The van der Waals surface area contributed by atoms with E-state index in [1.807, 2.05) is 24.3 Å². The average Bonchev–Trinajstić information content (AvgIpc) is 3.16. The van der Waals surface area contributed by atoms with Crippen molar-refractivity contribution in [2.24, 2.45) is 0 Å². The van der Waals surface area contributed by atoms with Gasteiger partial charge < -0.3 is 20.1 Å². The monoisotopic (exact) mass is 542 g/mol. The Hall–Kier alpha value is -2.55. The van der Waals surface area contributed by atoms with Gasteiger partial charge in [0.15, 0.2) is 0 Å². The van der Waals surface area contributed by atoms with Crippen LogP contribution in [0.3, 0.4) is 0 Å². The number of esters is 2. The first kappa shape index (κ1) is 26.1. The second kappa shape index (κ2) is 11.5. The van der Waals surface area contributed by atoms with E-state index in [0.29, 0.717) is 34.9 Å². The van der Waals surface area contributed by atoms with Gasteiger partial charge in [0.1, 0.15) is 0 Å². The van der Waals surface area contributed by atoms with Gasteiger partial charge in [0, 0.05) is 27.8 Å². The molecule has 2 heterocycles. The van der Waals surface area contributed by atoms with Crippen molar-refractivity contribution in [2.75, 3.05) is 13.1 Å². The average molecular weight is 543 g/mol. The number of thioether (sulfide) groups is 1. The normalized spacial score (nSPS) is 19.8. The van der Waals surface area contributed by atoms with Crippen molar-refractivity contribution >= 4 is 41.2 Å². The third-order valence-corrected chi connectivity index (χ3v) is 8.82. The molecule has 7 nitrogen and oxygen atoms in total. The van der Waals surface area contributed by atoms with E-state index in [9.17, 15) is 14.4 Å². The zero-order valence-electron chi connectivity index (χ0n) is 20.6. The second-order valence-electron chi connectivity index (χ2n) is 9.82. The molecule has 1 saturated carbocycles. The number of benzene rings is 2. The molecule has 1 saturated heterocycles. The van der Waals surface area contributed by atoms with Crippen molar-refractivity contribution in [2.45, 2.75) is 73.8 Å². The number of hydrogen-bond donors (Lipinski definition) is 2. The van der Waals surface area contributed by atoms with Gasteiger partial charge in [-0.1, -0.05) is 43.0 Å². The fourth-order valence-corrected chi connectivity index (χ4v) is 6.66. The van der Waals surface area contributed by atoms with E-state index in [1.54, 1.807) is 23.9 Å². The predicted molar refractivity (Wildman–Crippen MR) is 141 cm³/mol. The number of fused-ring (bicyclic) bond motifs is 2. The van der Waals surface area contributed by atoms with Gasteiger partial charge in [0.25, 0.3) is 11.7 Å². The lowest BCUT2D eigenvalue weighted by atomic mass is 9.95. The lowest BCUT2D eigenvalue weighted by Crippen LogP contribution is -2.43. The number of carbonyl (C=O) groups excluding carboxylic acids is 3. The summed E-state index contributed by atoms with van der Waals surface area (Å²) in [5.41, 5.74) is 3.29. The first-order valence-corrected chi connectivity index (χ1v) is 14.3. The largest absolute Gasteiger partial charge is 0.416 e. The minimum atomic E-state index is -1.50. The van der Waals surface area contributed by atoms with E-state index >= 15 is 0 Å². The van der Waals surface area contributed by atoms with Crippen molar-refractivity contribution in [1.82, 2.24) is 10.6 Å². The fourth-order valence-electron chi connectivity index (χ4n) is 5.22. The molecule has 3 aliphatic rings. The summed E-state index contributed by atoms with van der Waals surface area (Å²) < 4.78 is 11.5. The number of carbonyl (C=O) groups is 3. The Bertz CT molecular complexity index is 1160. The topological polar surface area (TPSA) is 93.7 Å². The quantitative estimate of drug-likeness (QED) is 0.411. The van der Waals surface area contributed by atoms with Gasteiger partial charge in [-0.25, -0.2) is 0 Å². The Morgan fingerprint density at radius 3 is 2.41 bits per heavy atom. The zero-order chi connectivity index (χ0) is 25.8. The first-order chi connectivity index (χ1) is 17.9. The summed E-state index contributed by atoms with van der Waals surface area (Å²) in [5, 5.41) is 7.00. The van der Waals surface area contributed by atoms with Crippen molar-refractivity contribution < 1.29 is 23.9 Å². The van der Waals surface area contributed by atoms with Gasteiger partial charge in [-0.05, 0) is 61.2 Å². The molecule has 2 fully saturated rings. The van der Waals surface area contributed by atoms with Crippen LogP contribution in [0, 0.1) is 0 Å². The molecule has 2 aromatic rings. The van der Waals surface area contributed by atoms with E-state index in [4.69, 9.17) is 21.1 Å². The molecule has 0 radical (unpaired) electrons. The van der Waals surface area contributed by atoms with Gasteiger partial charge in [-0.15, -0.1) is 11.8 Å². The van der Waals surface area contributed by atoms with Crippen LogP contribution < -0.4 is 10.6 Å². The number of hydrogen-bond acceptors (Lipinski definition) is 7. The molecular formula is C28H31ClN2O5S. The number of halogens is 1. The highest BCUT2D eigenvalue weighted by molar-refractivity contribution is 7.98. The molecular weight excluding hydrogens is 512 g/mol. The summed E-state index contributed by atoms with van der Waals surface area (Å²) in [4.78, 5) is 38.2. The molecule has 0 bridgehead atoms. The second-order valence-corrected chi connectivity index (χ2v) is 11.2. The lowest BCUT2D eigenvalue weighted by Gasteiger charge is -2.32. The van der Waals surface area contributed by atoms with Crippen LogP contribution in [-0.2, 0) is 37.0 Å². The Balaban J connectivity index is 1.33. The third-order valence-electron chi connectivity index (χ3n) is 7.16. The molecule has 37 heavy (non-hydrogen) atoms. The molecule has 9 heteroatoms. The van der Waals surface area contributed by atoms with Gasteiger partial charge >= 0.3 is 11.9 Å². The summed E-state index contributed by atoms with van der Waals surface area (Å²) in [6.07, 6.45) is 6.36. The van der Waals surface area contributed by atoms with Crippen LogP contribution >= 0.6 is 23.4 Å². The van der Waals surface area contributed by atoms with Gasteiger partial charge in [-0.3, -0.25) is 14.4 Å². The highest BCUT2D eigenvalue weighted by Crippen LogP contribution is 2.42. The van der Waals surface area contributed by atoms with Crippen LogP contribution in [0.4, 0.5) is 0 Å². The van der Waals surface area contributed by atoms with E-state index in [2.05, 4.69) is 10.6 Å². The lowest BCUT2D eigenvalue weighted by molar-refractivity contribution is -0.225. The van der Waals surface area contributed by atoms with Crippen LogP contribution in [0.25, 0.3) is 0 Å². The number of rotatable bonds is 5. The molecule has 1 aliphatic carbocycles. The minimum absolute atomic E-state index is 0.000210. The molecule has 196 valence electrons. The fraction of sp³-hybridized carbons (Fsp3) is 0.464. The highest BCUT2D eigenvalue weighted by atomic mass is 35.5. The molecule has 5 rings (SSSR count). The van der Waals surface area contributed by atoms with E-state index < -0.39 is 17.7 Å². The van der Waals surface area contributed by atoms with Crippen molar-refractivity contribution in [1.29, 1.82) is 0 Å². The molecule has 0 aromatic heterocycles. The summed E-state index contributed by atoms with van der Waals surface area (Å²) in [5.74, 6) is -1.80. The van der Waals surface area contributed by atoms with Crippen LogP contribution in [-0.4, -0.2) is 37.0 Å². The molecule has 2 aromatic carbocycles. The predicted octanol–water partition coefficient (Wildman–Crippen LogP) is 4.87. The van der Waals surface area contributed by atoms with Crippen LogP contribution in [0.2, 0.25) is 5.02 Å². The first-order valence-electron chi connectivity index (χ1n) is 12.9. The van der Waals surface area contributed by atoms with Gasteiger partial charge in [0.05, 0.1) is 24.4 Å². The van der Waals surface area contributed by atoms with E-state index in [-0.39, 0.29) is 31.3 Å². The van der Waals surface area contributed by atoms with Crippen molar-refractivity contribution in [3.05, 3.63) is 63.7 Å². The Labute approximate surface area is 226 Å². The molecule has 2 N–H and O–H groups in total.